The fourth-order valence-corrected chi connectivity index (χ4v) is 9.50. The first kappa shape index (κ1) is 29.4. The van der Waals surface area contributed by atoms with E-state index in [1.54, 1.807) is 0 Å². The highest BCUT2D eigenvalue weighted by Crippen LogP contribution is 2.62. The molecule has 2 aliphatic rings. The van der Waals surface area contributed by atoms with E-state index in [4.69, 9.17) is 15.0 Å². The summed E-state index contributed by atoms with van der Waals surface area (Å²) in [4.78, 5) is 15.5. The van der Waals surface area contributed by atoms with Gasteiger partial charge >= 0.3 is 0 Å². The molecule has 8 aromatic carbocycles. The molecular formula is C50H30N4. The topological polar surface area (TPSA) is 43.6 Å². The van der Waals surface area contributed by atoms with Gasteiger partial charge in [0.15, 0.2) is 11.6 Å². The van der Waals surface area contributed by atoms with Crippen molar-refractivity contribution in [3.63, 3.8) is 0 Å². The Bertz CT molecular complexity index is 3050. The zero-order chi connectivity index (χ0) is 35.4. The Balaban J connectivity index is 1.25. The van der Waals surface area contributed by atoms with Crippen molar-refractivity contribution in [1.29, 1.82) is 0 Å². The van der Waals surface area contributed by atoms with Crippen LogP contribution >= 0.6 is 0 Å². The first-order valence-corrected chi connectivity index (χ1v) is 18.5. The Morgan fingerprint density at radius 1 is 0.370 bits per heavy atom. The zero-order valence-electron chi connectivity index (χ0n) is 29.1. The molecule has 0 N–H and O–H groups in total. The fourth-order valence-electron chi connectivity index (χ4n) is 9.50. The van der Waals surface area contributed by atoms with Gasteiger partial charge in [-0.3, -0.25) is 4.57 Å². The van der Waals surface area contributed by atoms with E-state index in [0.29, 0.717) is 17.6 Å². The van der Waals surface area contributed by atoms with Crippen LogP contribution in [0.1, 0.15) is 22.3 Å². The quantitative estimate of drug-likeness (QED) is 0.186. The lowest BCUT2D eigenvalue weighted by Gasteiger charge is -2.40. The SMILES string of the molecule is c1ccc(-c2nc(-c3ccccc3)nc(-n3c4ccccc4c4cc5c(cc43)C3(c4ccccc4-c4ccccc43)c3cccc4cccc-5c34)n2)cc1. The van der Waals surface area contributed by atoms with E-state index in [9.17, 15) is 0 Å². The summed E-state index contributed by atoms with van der Waals surface area (Å²) in [5, 5.41) is 4.90. The molecule has 0 saturated heterocycles. The molecular weight excluding hydrogens is 657 g/mol. The number of benzene rings is 8. The number of aromatic nitrogens is 4. The summed E-state index contributed by atoms with van der Waals surface area (Å²) < 4.78 is 2.26. The van der Waals surface area contributed by atoms with Gasteiger partial charge in [-0.1, -0.05) is 164 Å². The average molecular weight is 687 g/mol. The maximum atomic E-state index is 5.25. The lowest BCUT2D eigenvalue weighted by atomic mass is 9.61. The monoisotopic (exact) mass is 686 g/mol. The van der Waals surface area contributed by atoms with Gasteiger partial charge in [-0.05, 0) is 73.5 Å². The molecule has 4 nitrogen and oxygen atoms in total. The Morgan fingerprint density at radius 3 is 1.61 bits per heavy atom. The van der Waals surface area contributed by atoms with E-state index >= 15 is 0 Å². The Labute approximate surface area is 311 Å². The number of nitrogens with zero attached hydrogens (tertiary/aromatic N) is 4. The van der Waals surface area contributed by atoms with Crippen molar-refractivity contribution in [3.8, 4) is 51.0 Å². The second-order valence-corrected chi connectivity index (χ2v) is 14.3. The van der Waals surface area contributed by atoms with Crippen LogP contribution in [0.4, 0.5) is 0 Å². The molecule has 2 aromatic heterocycles. The van der Waals surface area contributed by atoms with Gasteiger partial charge in [0, 0.05) is 21.9 Å². The Hall–Kier alpha value is -7.17. The van der Waals surface area contributed by atoms with Crippen LogP contribution in [0.3, 0.4) is 0 Å². The molecule has 4 heteroatoms. The lowest BCUT2D eigenvalue weighted by molar-refractivity contribution is 0.774. The third-order valence-electron chi connectivity index (χ3n) is 11.7. The van der Waals surface area contributed by atoms with Gasteiger partial charge in [0.25, 0.3) is 0 Å². The van der Waals surface area contributed by atoms with Crippen LogP contribution in [0.5, 0.6) is 0 Å². The highest BCUT2D eigenvalue weighted by atomic mass is 15.2. The Morgan fingerprint density at radius 2 is 0.926 bits per heavy atom. The number of hydrogen-bond donors (Lipinski definition) is 0. The van der Waals surface area contributed by atoms with Crippen LogP contribution in [-0.4, -0.2) is 19.5 Å². The number of hydrogen-bond acceptors (Lipinski definition) is 3. The standard InChI is InChI=1S/C50H30N4/c1-3-15-32(16-4-1)47-51-48(33-17-5-2-6-18-33)53-49(52-47)54-44-28-12-9-23-36(44)39-29-38-37-24-13-19-31-20-14-27-42(46(31)37)50(43(38)30-45(39)54)40-25-10-7-21-34(40)35-22-8-11-26-41(35)50/h1-30H. The van der Waals surface area contributed by atoms with Crippen LogP contribution in [0, 0.1) is 0 Å². The first-order chi connectivity index (χ1) is 26.8. The highest BCUT2D eigenvalue weighted by Gasteiger charge is 2.50. The second kappa shape index (κ2) is 10.9. The molecule has 10 aromatic rings. The van der Waals surface area contributed by atoms with E-state index in [2.05, 4.69) is 150 Å². The van der Waals surface area contributed by atoms with Crippen molar-refractivity contribution in [2.24, 2.45) is 0 Å². The van der Waals surface area contributed by atoms with E-state index in [-0.39, 0.29) is 0 Å². The predicted molar refractivity (Wildman–Crippen MR) is 219 cm³/mol. The van der Waals surface area contributed by atoms with Crippen molar-refractivity contribution < 1.29 is 0 Å². The van der Waals surface area contributed by atoms with Crippen molar-refractivity contribution in [2.75, 3.05) is 0 Å². The molecule has 2 heterocycles. The molecule has 0 bridgehead atoms. The third-order valence-corrected chi connectivity index (χ3v) is 11.7. The van der Waals surface area contributed by atoms with Gasteiger partial charge in [0.1, 0.15) is 0 Å². The van der Waals surface area contributed by atoms with E-state index < -0.39 is 5.41 Å². The van der Waals surface area contributed by atoms with E-state index in [0.717, 1.165) is 27.5 Å². The molecule has 250 valence electrons. The van der Waals surface area contributed by atoms with Crippen LogP contribution in [0.15, 0.2) is 182 Å². The maximum Gasteiger partial charge on any atom is 0.238 e. The van der Waals surface area contributed by atoms with Crippen molar-refractivity contribution in [3.05, 3.63) is 204 Å². The molecule has 1 spiro atoms. The molecule has 0 unspecified atom stereocenters. The molecule has 0 atom stereocenters. The Kier molecular flexibility index (Phi) is 5.95. The van der Waals surface area contributed by atoms with Gasteiger partial charge in [0.05, 0.1) is 16.4 Å². The fraction of sp³-hybridized carbons (Fsp3) is 0.0200. The summed E-state index contributed by atoms with van der Waals surface area (Å²) in [7, 11) is 0. The largest absolute Gasteiger partial charge is 0.278 e. The lowest BCUT2D eigenvalue weighted by Crippen LogP contribution is -2.31. The summed E-state index contributed by atoms with van der Waals surface area (Å²) >= 11 is 0. The summed E-state index contributed by atoms with van der Waals surface area (Å²) in [5.74, 6) is 1.87. The molecule has 0 amide bonds. The zero-order valence-corrected chi connectivity index (χ0v) is 29.1. The van der Waals surface area contributed by atoms with E-state index in [1.165, 1.54) is 60.7 Å². The normalized spacial score (nSPS) is 13.3. The minimum absolute atomic E-state index is 0.532. The minimum Gasteiger partial charge on any atom is -0.278 e. The van der Waals surface area contributed by atoms with Crippen molar-refractivity contribution in [1.82, 2.24) is 19.5 Å². The van der Waals surface area contributed by atoms with Crippen molar-refractivity contribution >= 4 is 32.6 Å². The van der Waals surface area contributed by atoms with Crippen LogP contribution in [0.2, 0.25) is 0 Å². The summed E-state index contributed by atoms with van der Waals surface area (Å²) in [6.07, 6.45) is 0. The molecule has 0 saturated carbocycles. The van der Waals surface area contributed by atoms with Gasteiger partial charge in [-0.25, -0.2) is 4.98 Å². The third kappa shape index (κ3) is 3.84. The smallest absolute Gasteiger partial charge is 0.238 e. The molecule has 0 fully saturated rings. The van der Waals surface area contributed by atoms with Crippen LogP contribution < -0.4 is 0 Å². The number of rotatable bonds is 3. The molecule has 0 aliphatic heterocycles. The molecule has 2 aliphatic carbocycles. The first-order valence-electron chi connectivity index (χ1n) is 18.5. The summed E-state index contributed by atoms with van der Waals surface area (Å²) in [6.45, 7) is 0. The van der Waals surface area contributed by atoms with Gasteiger partial charge in [-0.15, -0.1) is 0 Å². The van der Waals surface area contributed by atoms with Gasteiger partial charge in [-0.2, -0.15) is 9.97 Å². The molecule has 0 radical (unpaired) electrons. The van der Waals surface area contributed by atoms with Crippen LogP contribution in [0.25, 0.3) is 83.6 Å². The van der Waals surface area contributed by atoms with Crippen molar-refractivity contribution in [2.45, 2.75) is 5.41 Å². The van der Waals surface area contributed by atoms with Crippen LogP contribution in [-0.2, 0) is 5.41 Å². The average Bonchev–Trinajstić information content (AvgIpc) is 3.73. The van der Waals surface area contributed by atoms with E-state index in [1.807, 2.05) is 36.4 Å². The minimum atomic E-state index is -0.532. The number of para-hydroxylation sites is 1. The van der Waals surface area contributed by atoms with Gasteiger partial charge < -0.3 is 0 Å². The summed E-state index contributed by atoms with van der Waals surface area (Å²) in [6, 6.07) is 65.6. The number of fused-ring (bicyclic) bond motifs is 12. The predicted octanol–water partition coefficient (Wildman–Crippen LogP) is 11.8. The summed E-state index contributed by atoms with van der Waals surface area (Å²) in [5.41, 5.74) is 13.8. The molecule has 12 rings (SSSR count). The van der Waals surface area contributed by atoms with Gasteiger partial charge in [0.2, 0.25) is 5.95 Å². The molecule has 54 heavy (non-hydrogen) atoms. The maximum absolute atomic E-state index is 5.25. The second-order valence-electron chi connectivity index (χ2n) is 14.3. The highest BCUT2D eigenvalue weighted by molar-refractivity contribution is 6.14.